The number of carbonyl (C=O) groups is 1. The number of rotatable bonds is 3. The van der Waals surface area contributed by atoms with E-state index in [0.717, 1.165) is 12.1 Å². The standard InChI is InChI=1S/C13H11FN2O3/c1-7-5-8(2)16-13(15-7)19-11-4-3-9(14)6-10(11)12(17)18/h3-6H,1-2H3,(H,17,18). The lowest BCUT2D eigenvalue weighted by atomic mass is 10.2. The molecule has 0 unspecified atom stereocenters. The molecule has 5 nitrogen and oxygen atoms in total. The molecular weight excluding hydrogens is 251 g/mol. The Morgan fingerprint density at radius 1 is 1.21 bits per heavy atom. The second-order valence-electron chi connectivity index (χ2n) is 3.98. The van der Waals surface area contributed by atoms with E-state index in [2.05, 4.69) is 9.97 Å². The van der Waals surface area contributed by atoms with Crippen molar-refractivity contribution < 1.29 is 19.0 Å². The van der Waals surface area contributed by atoms with Crippen LogP contribution in [0.4, 0.5) is 4.39 Å². The molecular formula is C13H11FN2O3. The number of aryl methyl sites for hydroxylation is 2. The van der Waals surface area contributed by atoms with Crippen LogP contribution in [0.25, 0.3) is 0 Å². The van der Waals surface area contributed by atoms with E-state index < -0.39 is 11.8 Å². The zero-order valence-corrected chi connectivity index (χ0v) is 10.3. The van der Waals surface area contributed by atoms with Crippen molar-refractivity contribution in [1.29, 1.82) is 0 Å². The van der Waals surface area contributed by atoms with E-state index in [1.807, 2.05) is 0 Å². The van der Waals surface area contributed by atoms with Crippen molar-refractivity contribution in [3.05, 3.63) is 47.0 Å². The lowest BCUT2D eigenvalue weighted by Crippen LogP contribution is -2.03. The number of benzene rings is 1. The second kappa shape index (κ2) is 5.01. The van der Waals surface area contributed by atoms with Crippen molar-refractivity contribution in [1.82, 2.24) is 9.97 Å². The van der Waals surface area contributed by atoms with E-state index in [9.17, 15) is 9.18 Å². The molecule has 0 bridgehead atoms. The van der Waals surface area contributed by atoms with Gasteiger partial charge < -0.3 is 9.84 Å². The predicted octanol–water partition coefficient (Wildman–Crippen LogP) is 2.72. The first-order valence-electron chi connectivity index (χ1n) is 5.48. The minimum absolute atomic E-state index is 0.00102. The third kappa shape index (κ3) is 3.04. The molecule has 0 saturated heterocycles. The van der Waals surface area contributed by atoms with Gasteiger partial charge in [0.25, 0.3) is 0 Å². The molecule has 1 heterocycles. The van der Waals surface area contributed by atoms with Crippen molar-refractivity contribution in [3.8, 4) is 11.8 Å². The number of carboxylic acids is 1. The molecule has 2 rings (SSSR count). The Labute approximate surface area is 108 Å². The molecule has 19 heavy (non-hydrogen) atoms. The predicted molar refractivity (Wildman–Crippen MR) is 64.9 cm³/mol. The van der Waals surface area contributed by atoms with E-state index >= 15 is 0 Å². The minimum Gasteiger partial charge on any atom is -0.478 e. The SMILES string of the molecule is Cc1cc(C)nc(Oc2ccc(F)cc2C(=O)O)n1. The van der Waals surface area contributed by atoms with Gasteiger partial charge in [-0.15, -0.1) is 0 Å². The van der Waals surface area contributed by atoms with Crippen LogP contribution in [-0.2, 0) is 0 Å². The molecule has 0 amide bonds. The van der Waals surface area contributed by atoms with E-state index in [0.29, 0.717) is 11.4 Å². The Bertz CT molecular complexity index is 624. The lowest BCUT2D eigenvalue weighted by molar-refractivity contribution is 0.0693. The van der Waals surface area contributed by atoms with Crippen LogP contribution in [0.3, 0.4) is 0 Å². The summed E-state index contributed by atoms with van der Waals surface area (Å²) in [4.78, 5) is 19.1. The fourth-order valence-electron chi connectivity index (χ4n) is 1.60. The first kappa shape index (κ1) is 12.9. The lowest BCUT2D eigenvalue weighted by Gasteiger charge is -2.08. The van der Waals surface area contributed by atoms with E-state index in [4.69, 9.17) is 9.84 Å². The fourth-order valence-corrected chi connectivity index (χ4v) is 1.60. The first-order valence-corrected chi connectivity index (χ1v) is 5.48. The first-order chi connectivity index (χ1) is 8.95. The zero-order valence-electron chi connectivity index (χ0n) is 10.3. The van der Waals surface area contributed by atoms with Gasteiger partial charge in [0, 0.05) is 11.4 Å². The van der Waals surface area contributed by atoms with Gasteiger partial charge in [-0.05, 0) is 38.1 Å². The smallest absolute Gasteiger partial charge is 0.339 e. The minimum atomic E-state index is -1.28. The normalized spacial score (nSPS) is 10.3. The van der Waals surface area contributed by atoms with Crippen LogP contribution in [0, 0.1) is 19.7 Å². The molecule has 0 saturated carbocycles. The topological polar surface area (TPSA) is 72.3 Å². The molecule has 2 aromatic rings. The Morgan fingerprint density at radius 3 is 2.42 bits per heavy atom. The van der Waals surface area contributed by atoms with Gasteiger partial charge in [0.15, 0.2) is 0 Å². The van der Waals surface area contributed by atoms with E-state index in [1.54, 1.807) is 19.9 Å². The van der Waals surface area contributed by atoms with Crippen LogP contribution in [0.2, 0.25) is 0 Å². The molecule has 1 aromatic heterocycles. The summed E-state index contributed by atoms with van der Waals surface area (Å²) in [7, 11) is 0. The summed E-state index contributed by atoms with van der Waals surface area (Å²) in [6, 6.07) is 5.03. The molecule has 0 radical (unpaired) electrons. The maximum Gasteiger partial charge on any atom is 0.339 e. The van der Waals surface area contributed by atoms with Gasteiger partial charge in [0.2, 0.25) is 0 Å². The third-order valence-electron chi connectivity index (χ3n) is 2.34. The van der Waals surface area contributed by atoms with Crippen LogP contribution >= 0.6 is 0 Å². The van der Waals surface area contributed by atoms with Crippen molar-refractivity contribution in [2.75, 3.05) is 0 Å². The highest BCUT2D eigenvalue weighted by atomic mass is 19.1. The molecule has 0 aliphatic carbocycles. The number of halogens is 1. The highest BCUT2D eigenvalue weighted by Crippen LogP contribution is 2.24. The van der Waals surface area contributed by atoms with Gasteiger partial charge in [0.1, 0.15) is 17.1 Å². The molecule has 0 aliphatic heterocycles. The van der Waals surface area contributed by atoms with Crippen molar-refractivity contribution in [2.24, 2.45) is 0 Å². The van der Waals surface area contributed by atoms with Crippen LogP contribution in [0.5, 0.6) is 11.8 Å². The quantitative estimate of drug-likeness (QED) is 0.920. The number of carboxylic acid groups (broad SMARTS) is 1. The maximum atomic E-state index is 13.0. The largest absolute Gasteiger partial charge is 0.478 e. The fraction of sp³-hybridized carbons (Fsp3) is 0.154. The molecule has 6 heteroatoms. The average Bonchev–Trinajstić information content (AvgIpc) is 2.30. The maximum absolute atomic E-state index is 13.0. The molecule has 1 N–H and O–H groups in total. The number of aromatic nitrogens is 2. The van der Waals surface area contributed by atoms with Gasteiger partial charge in [0.05, 0.1) is 0 Å². The summed E-state index contributed by atoms with van der Waals surface area (Å²) in [5, 5.41) is 8.99. The third-order valence-corrected chi connectivity index (χ3v) is 2.34. The van der Waals surface area contributed by atoms with Gasteiger partial charge in [-0.3, -0.25) is 0 Å². The monoisotopic (exact) mass is 262 g/mol. The molecule has 0 spiro atoms. The Hall–Kier alpha value is -2.50. The van der Waals surface area contributed by atoms with Crippen LogP contribution < -0.4 is 4.74 Å². The van der Waals surface area contributed by atoms with Gasteiger partial charge >= 0.3 is 12.0 Å². The van der Waals surface area contributed by atoms with E-state index in [1.165, 1.54) is 6.07 Å². The molecule has 0 aliphatic rings. The van der Waals surface area contributed by atoms with E-state index in [-0.39, 0.29) is 17.3 Å². The zero-order chi connectivity index (χ0) is 14.0. The molecule has 98 valence electrons. The number of aromatic carboxylic acids is 1. The summed E-state index contributed by atoms with van der Waals surface area (Å²) in [5.74, 6) is -1.93. The van der Waals surface area contributed by atoms with Gasteiger partial charge in [-0.2, -0.15) is 0 Å². The van der Waals surface area contributed by atoms with Gasteiger partial charge in [-0.25, -0.2) is 19.2 Å². The van der Waals surface area contributed by atoms with Crippen LogP contribution in [0.1, 0.15) is 21.7 Å². The summed E-state index contributed by atoms with van der Waals surface area (Å²) in [5.41, 5.74) is 1.12. The highest BCUT2D eigenvalue weighted by Gasteiger charge is 2.14. The Balaban J connectivity index is 2.40. The summed E-state index contributed by atoms with van der Waals surface area (Å²) in [6.07, 6.45) is 0. The van der Waals surface area contributed by atoms with Crippen LogP contribution in [-0.4, -0.2) is 21.0 Å². The Kier molecular flexibility index (Phi) is 3.41. The van der Waals surface area contributed by atoms with Gasteiger partial charge in [-0.1, -0.05) is 0 Å². The van der Waals surface area contributed by atoms with Crippen LogP contribution in [0.15, 0.2) is 24.3 Å². The Morgan fingerprint density at radius 2 is 1.84 bits per heavy atom. The summed E-state index contributed by atoms with van der Waals surface area (Å²) >= 11 is 0. The molecule has 0 fully saturated rings. The molecule has 1 aromatic carbocycles. The van der Waals surface area contributed by atoms with Crippen molar-refractivity contribution in [2.45, 2.75) is 13.8 Å². The highest BCUT2D eigenvalue weighted by molar-refractivity contribution is 5.90. The number of hydrogen-bond acceptors (Lipinski definition) is 4. The summed E-state index contributed by atoms with van der Waals surface area (Å²) < 4.78 is 18.3. The van der Waals surface area contributed by atoms with Crippen molar-refractivity contribution >= 4 is 5.97 Å². The number of hydrogen-bond donors (Lipinski definition) is 1. The molecule has 0 atom stereocenters. The second-order valence-corrected chi connectivity index (χ2v) is 3.98. The number of ether oxygens (including phenoxy) is 1. The number of nitrogens with zero attached hydrogens (tertiary/aromatic N) is 2. The average molecular weight is 262 g/mol. The van der Waals surface area contributed by atoms with Crippen molar-refractivity contribution in [3.63, 3.8) is 0 Å². The summed E-state index contributed by atoms with van der Waals surface area (Å²) in [6.45, 7) is 3.54.